The monoisotopic (exact) mass is 236 g/mol. The zero-order chi connectivity index (χ0) is 12.6. The molecule has 1 aromatic rings. The normalized spacial score (nSPS) is 24.1. The van der Waals surface area contributed by atoms with Crippen LogP contribution in [0, 0.1) is 11.8 Å². The van der Waals surface area contributed by atoms with Gasteiger partial charge in [-0.2, -0.15) is 15.0 Å². The first kappa shape index (κ1) is 11.9. The van der Waals surface area contributed by atoms with Gasteiger partial charge in [0, 0.05) is 27.2 Å². The Labute approximate surface area is 102 Å². The quantitative estimate of drug-likeness (QED) is 0.811. The molecule has 0 spiro atoms. The Morgan fingerprint density at radius 2 is 1.71 bits per heavy atom. The van der Waals surface area contributed by atoms with Crippen molar-refractivity contribution in [1.29, 1.82) is 0 Å². The van der Waals surface area contributed by atoms with E-state index >= 15 is 0 Å². The average molecular weight is 236 g/mol. The summed E-state index contributed by atoms with van der Waals surface area (Å²) in [6.45, 7) is 6.47. The highest BCUT2D eigenvalue weighted by Crippen LogP contribution is 2.26. The van der Waals surface area contributed by atoms with E-state index in [1.807, 2.05) is 19.0 Å². The summed E-state index contributed by atoms with van der Waals surface area (Å²) < 4.78 is 0. The van der Waals surface area contributed by atoms with E-state index in [0.717, 1.165) is 13.1 Å². The van der Waals surface area contributed by atoms with E-state index in [9.17, 15) is 0 Å². The second-order valence-corrected chi connectivity index (χ2v) is 5.05. The number of rotatable bonds is 2. The van der Waals surface area contributed by atoms with Gasteiger partial charge in [0.15, 0.2) is 0 Å². The maximum absolute atomic E-state index is 5.72. The van der Waals surface area contributed by atoms with Gasteiger partial charge in [-0.25, -0.2) is 0 Å². The van der Waals surface area contributed by atoms with Crippen molar-refractivity contribution in [3.8, 4) is 0 Å². The topological polar surface area (TPSA) is 71.2 Å². The molecular formula is C11H20N6. The minimum absolute atomic E-state index is 0.283. The number of hydrogen-bond donors (Lipinski definition) is 1. The van der Waals surface area contributed by atoms with Gasteiger partial charge in [-0.1, -0.05) is 13.8 Å². The minimum Gasteiger partial charge on any atom is -0.368 e. The molecule has 1 aromatic heterocycles. The van der Waals surface area contributed by atoms with Crippen molar-refractivity contribution in [1.82, 2.24) is 15.0 Å². The van der Waals surface area contributed by atoms with Gasteiger partial charge >= 0.3 is 0 Å². The SMILES string of the molecule is CC1CN(c2nc(N)nc(N(C)C)n2)CC1C. The summed E-state index contributed by atoms with van der Waals surface area (Å²) in [5, 5.41) is 0. The molecule has 0 bridgehead atoms. The lowest BCUT2D eigenvalue weighted by Gasteiger charge is -2.18. The Bertz CT molecular complexity index is 395. The third-order valence-corrected chi connectivity index (χ3v) is 3.30. The largest absolute Gasteiger partial charge is 0.368 e. The number of nitrogen functional groups attached to an aromatic ring is 1. The zero-order valence-electron chi connectivity index (χ0n) is 10.9. The Kier molecular flexibility index (Phi) is 3.04. The average Bonchev–Trinajstić information content (AvgIpc) is 2.58. The lowest BCUT2D eigenvalue weighted by molar-refractivity contribution is 0.494. The van der Waals surface area contributed by atoms with Crippen LogP contribution in [0.5, 0.6) is 0 Å². The van der Waals surface area contributed by atoms with Crippen molar-refractivity contribution in [2.75, 3.05) is 42.7 Å². The van der Waals surface area contributed by atoms with Crippen molar-refractivity contribution >= 4 is 17.8 Å². The van der Waals surface area contributed by atoms with Crippen molar-refractivity contribution in [3.63, 3.8) is 0 Å². The summed E-state index contributed by atoms with van der Waals surface area (Å²) in [5.41, 5.74) is 5.72. The Morgan fingerprint density at radius 1 is 1.12 bits per heavy atom. The second kappa shape index (κ2) is 4.35. The van der Waals surface area contributed by atoms with E-state index in [1.54, 1.807) is 0 Å². The summed E-state index contributed by atoms with van der Waals surface area (Å²) in [6, 6.07) is 0. The molecule has 17 heavy (non-hydrogen) atoms. The molecular weight excluding hydrogens is 216 g/mol. The predicted molar refractivity (Wildman–Crippen MR) is 69.1 cm³/mol. The number of aromatic nitrogens is 3. The molecule has 1 aliphatic heterocycles. The van der Waals surface area contributed by atoms with Crippen molar-refractivity contribution in [3.05, 3.63) is 0 Å². The molecule has 2 rings (SSSR count). The van der Waals surface area contributed by atoms with Crippen molar-refractivity contribution < 1.29 is 0 Å². The van der Waals surface area contributed by atoms with Crippen LogP contribution >= 0.6 is 0 Å². The van der Waals surface area contributed by atoms with Gasteiger partial charge in [-0.3, -0.25) is 0 Å². The molecule has 6 nitrogen and oxygen atoms in total. The van der Waals surface area contributed by atoms with Crippen LogP contribution in [0.25, 0.3) is 0 Å². The standard InChI is InChI=1S/C11H20N6/c1-7-5-17(6-8(7)2)11-14-9(12)13-10(15-11)16(3)4/h7-8H,5-6H2,1-4H3,(H2,12,13,14,15). The third-order valence-electron chi connectivity index (χ3n) is 3.30. The highest BCUT2D eigenvalue weighted by Gasteiger charge is 2.28. The van der Waals surface area contributed by atoms with E-state index in [4.69, 9.17) is 5.73 Å². The highest BCUT2D eigenvalue weighted by molar-refractivity contribution is 5.43. The Hall–Kier alpha value is -1.59. The summed E-state index contributed by atoms with van der Waals surface area (Å²) >= 11 is 0. The number of nitrogens with zero attached hydrogens (tertiary/aromatic N) is 5. The smallest absolute Gasteiger partial charge is 0.231 e. The van der Waals surface area contributed by atoms with Gasteiger partial charge in [-0.05, 0) is 11.8 Å². The number of nitrogens with two attached hydrogens (primary N) is 1. The molecule has 1 saturated heterocycles. The maximum Gasteiger partial charge on any atom is 0.231 e. The van der Waals surface area contributed by atoms with Crippen LogP contribution in [0.15, 0.2) is 0 Å². The third kappa shape index (κ3) is 2.40. The summed E-state index contributed by atoms with van der Waals surface area (Å²) in [5.74, 6) is 2.91. The van der Waals surface area contributed by atoms with Crippen LogP contribution in [0.2, 0.25) is 0 Å². The van der Waals surface area contributed by atoms with Crippen LogP contribution < -0.4 is 15.5 Å². The molecule has 0 aromatic carbocycles. The Balaban J connectivity index is 2.27. The molecule has 2 N–H and O–H groups in total. The van der Waals surface area contributed by atoms with Gasteiger partial charge in [0.2, 0.25) is 17.8 Å². The van der Waals surface area contributed by atoms with Crippen LogP contribution in [-0.2, 0) is 0 Å². The molecule has 94 valence electrons. The van der Waals surface area contributed by atoms with Crippen LogP contribution in [0.3, 0.4) is 0 Å². The van der Waals surface area contributed by atoms with Gasteiger partial charge in [-0.15, -0.1) is 0 Å². The lowest BCUT2D eigenvalue weighted by Crippen LogP contribution is -2.24. The van der Waals surface area contributed by atoms with Crippen LogP contribution in [-0.4, -0.2) is 42.1 Å². The fraction of sp³-hybridized carbons (Fsp3) is 0.727. The summed E-state index contributed by atoms with van der Waals surface area (Å²) in [4.78, 5) is 16.8. The molecule has 2 unspecified atom stereocenters. The molecule has 2 heterocycles. The van der Waals surface area contributed by atoms with Gasteiger partial charge in [0.1, 0.15) is 0 Å². The molecule has 1 fully saturated rings. The van der Waals surface area contributed by atoms with E-state index in [0.29, 0.717) is 23.7 Å². The highest BCUT2D eigenvalue weighted by atomic mass is 15.3. The molecule has 0 radical (unpaired) electrons. The second-order valence-electron chi connectivity index (χ2n) is 5.05. The first-order valence-electron chi connectivity index (χ1n) is 5.91. The van der Waals surface area contributed by atoms with E-state index < -0.39 is 0 Å². The first-order chi connectivity index (χ1) is 7.97. The van der Waals surface area contributed by atoms with Gasteiger partial charge < -0.3 is 15.5 Å². The van der Waals surface area contributed by atoms with Crippen LogP contribution in [0.4, 0.5) is 17.8 Å². The Morgan fingerprint density at radius 3 is 2.24 bits per heavy atom. The van der Waals surface area contributed by atoms with Gasteiger partial charge in [0.25, 0.3) is 0 Å². The summed E-state index contributed by atoms with van der Waals surface area (Å²) in [6.07, 6.45) is 0. The van der Waals surface area contributed by atoms with Gasteiger partial charge in [0.05, 0.1) is 0 Å². The predicted octanol–water partition coefficient (Wildman–Crippen LogP) is 0.612. The first-order valence-corrected chi connectivity index (χ1v) is 5.91. The molecule has 0 aliphatic carbocycles. The molecule has 0 saturated carbocycles. The van der Waals surface area contributed by atoms with Crippen molar-refractivity contribution in [2.24, 2.45) is 11.8 Å². The fourth-order valence-electron chi connectivity index (χ4n) is 2.00. The van der Waals surface area contributed by atoms with Crippen molar-refractivity contribution in [2.45, 2.75) is 13.8 Å². The molecule has 6 heteroatoms. The molecule has 2 atom stereocenters. The van der Waals surface area contributed by atoms with E-state index in [-0.39, 0.29) is 5.95 Å². The maximum atomic E-state index is 5.72. The molecule has 1 aliphatic rings. The molecule has 0 amide bonds. The summed E-state index contributed by atoms with van der Waals surface area (Å²) in [7, 11) is 3.79. The van der Waals surface area contributed by atoms with E-state index in [2.05, 4.69) is 33.7 Å². The zero-order valence-corrected chi connectivity index (χ0v) is 10.9. The lowest BCUT2D eigenvalue weighted by atomic mass is 10.0. The van der Waals surface area contributed by atoms with E-state index in [1.165, 1.54) is 0 Å². The fourth-order valence-corrected chi connectivity index (χ4v) is 2.00. The number of hydrogen-bond acceptors (Lipinski definition) is 6. The number of anilines is 3. The van der Waals surface area contributed by atoms with Crippen LogP contribution in [0.1, 0.15) is 13.8 Å². The minimum atomic E-state index is 0.283.